The first-order chi connectivity index (χ1) is 6.75. The van der Waals surface area contributed by atoms with Gasteiger partial charge in [-0.25, -0.2) is 0 Å². The fraction of sp³-hybridized carbons (Fsp3) is 0.364. The molecule has 0 aliphatic carbocycles. The Morgan fingerprint density at radius 2 is 2.00 bits per heavy atom. The molecule has 0 fully saturated rings. The summed E-state index contributed by atoms with van der Waals surface area (Å²) in [4.78, 5) is 11.0. The van der Waals surface area contributed by atoms with Crippen LogP contribution in [0.2, 0.25) is 0 Å². The number of halogens is 2. The van der Waals surface area contributed by atoms with Gasteiger partial charge in [0.1, 0.15) is 0 Å². The van der Waals surface area contributed by atoms with Crippen molar-refractivity contribution in [2.75, 3.05) is 6.67 Å². The van der Waals surface area contributed by atoms with Gasteiger partial charge in [0.05, 0.1) is 6.67 Å². The lowest BCUT2D eigenvalue weighted by atomic mass is 10.0. The van der Waals surface area contributed by atoms with Crippen LogP contribution in [0.4, 0.5) is 4.39 Å². The van der Waals surface area contributed by atoms with Crippen LogP contribution in [0.1, 0.15) is 28.8 Å². The van der Waals surface area contributed by atoms with Gasteiger partial charge in [0.2, 0.25) is 0 Å². The second-order valence-corrected chi connectivity index (χ2v) is 3.42. The number of rotatable bonds is 5. The number of aryl methyl sites for hydroxylation is 1. The maximum atomic E-state index is 11.9. The van der Waals surface area contributed by atoms with Gasteiger partial charge >= 0.3 is 0 Å². The minimum absolute atomic E-state index is 0.309. The van der Waals surface area contributed by atoms with E-state index in [9.17, 15) is 9.18 Å². The predicted octanol–water partition coefficient (Wildman–Crippen LogP) is 3.36. The first-order valence-corrected chi connectivity index (χ1v) is 4.97. The Labute approximate surface area is 87.9 Å². The number of carbonyl (C=O) groups is 1. The second-order valence-electron chi connectivity index (χ2n) is 3.08. The third-order valence-corrected chi connectivity index (χ3v) is 2.26. The monoisotopic (exact) mass is 214 g/mol. The van der Waals surface area contributed by atoms with E-state index in [0.717, 1.165) is 12.0 Å². The van der Waals surface area contributed by atoms with Crippen LogP contribution in [-0.2, 0) is 6.42 Å². The molecule has 0 atom stereocenters. The number of unbranched alkanes of at least 4 members (excludes halogenated alkanes) is 1. The third kappa shape index (κ3) is 3.11. The molecule has 3 heteroatoms. The van der Waals surface area contributed by atoms with E-state index in [-0.39, 0.29) is 6.67 Å². The largest absolute Gasteiger partial charge is 0.276 e. The second kappa shape index (κ2) is 5.76. The smallest absolute Gasteiger partial charge is 0.252 e. The molecular formula is C11H12ClFO. The van der Waals surface area contributed by atoms with E-state index in [1.165, 1.54) is 0 Å². The molecule has 0 N–H and O–H groups in total. The normalized spacial score (nSPS) is 10.1. The van der Waals surface area contributed by atoms with Crippen LogP contribution in [0.3, 0.4) is 0 Å². The van der Waals surface area contributed by atoms with Crippen molar-refractivity contribution in [3.05, 3.63) is 35.4 Å². The van der Waals surface area contributed by atoms with E-state index < -0.39 is 5.24 Å². The zero-order valence-corrected chi connectivity index (χ0v) is 8.56. The summed E-state index contributed by atoms with van der Waals surface area (Å²) in [5, 5.41) is -0.444. The standard InChI is InChI=1S/C11H12ClFO/c12-11(14)10-7-2-1-5-9(10)6-3-4-8-13/h1-2,5,7H,3-4,6,8H2. The minimum Gasteiger partial charge on any atom is -0.276 e. The fourth-order valence-electron chi connectivity index (χ4n) is 1.34. The van der Waals surface area contributed by atoms with Crippen LogP contribution < -0.4 is 0 Å². The van der Waals surface area contributed by atoms with Crippen molar-refractivity contribution in [3.63, 3.8) is 0 Å². The van der Waals surface area contributed by atoms with Crippen LogP contribution in [0.15, 0.2) is 24.3 Å². The Kier molecular flexibility index (Phi) is 4.60. The molecule has 0 unspecified atom stereocenters. The Balaban J connectivity index is 2.69. The van der Waals surface area contributed by atoms with E-state index in [1.54, 1.807) is 12.1 Å². The molecule has 0 aliphatic heterocycles. The highest BCUT2D eigenvalue weighted by Crippen LogP contribution is 2.14. The molecule has 1 nitrogen and oxygen atoms in total. The van der Waals surface area contributed by atoms with Gasteiger partial charge in [0, 0.05) is 5.56 Å². The molecule has 0 spiro atoms. The molecule has 0 amide bonds. The van der Waals surface area contributed by atoms with Crippen molar-refractivity contribution in [2.24, 2.45) is 0 Å². The number of benzene rings is 1. The van der Waals surface area contributed by atoms with Crippen molar-refractivity contribution in [2.45, 2.75) is 19.3 Å². The Bertz CT molecular complexity index is 312. The summed E-state index contributed by atoms with van der Waals surface area (Å²) < 4.78 is 11.9. The lowest BCUT2D eigenvalue weighted by molar-refractivity contribution is 0.108. The number of hydrogen-bond donors (Lipinski definition) is 0. The summed E-state index contributed by atoms with van der Waals surface area (Å²) in [5.41, 5.74) is 1.44. The zero-order chi connectivity index (χ0) is 10.4. The molecule has 0 saturated heterocycles. The topological polar surface area (TPSA) is 17.1 Å². The van der Waals surface area contributed by atoms with Crippen LogP contribution in [0.25, 0.3) is 0 Å². The average Bonchev–Trinajstić information content (AvgIpc) is 2.19. The molecule has 0 radical (unpaired) electrons. The molecular weight excluding hydrogens is 203 g/mol. The van der Waals surface area contributed by atoms with Gasteiger partial charge in [0.15, 0.2) is 0 Å². The van der Waals surface area contributed by atoms with Gasteiger partial charge in [-0.05, 0) is 42.5 Å². The highest BCUT2D eigenvalue weighted by Gasteiger charge is 2.06. The summed E-state index contributed by atoms with van der Waals surface area (Å²) in [6.07, 6.45) is 1.99. The maximum absolute atomic E-state index is 11.9. The SMILES string of the molecule is O=C(Cl)c1ccccc1CCCCF. The zero-order valence-electron chi connectivity index (χ0n) is 7.80. The van der Waals surface area contributed by atoms with Gasteiger partial charge in [0.25, 0.3) is 5.24 Å². The summed E-state index contributed by atoms with van der Waals surface area (Å²) in [7, 11) is 0. The van der Waals surface area contributed by atoms with Crippen LogP contribution in [0.5, 0.6) is 0 Å². The Hall–Kier alpha value is -0.890. The quantitative estimate of drug-likeness (QED) is 0.543. The van der Waals surface area contributed by atoms with Gasteiger partial charge in [-0.15, -0.1) is 0 Å². The number of alkyl halides is 1. The lowest BCUT2D eigenvalue weighted by Gasteiger charge is -2.04. The highest BCUT2D eigenvalue weighted by molar-refractivity contribution is 6.67. The van der Waals surface area contributed by atoms with Crippen LogP contribution >= 0.6 is 11.6 Å². The van der Waals surface area contributed by atoms with Crippen LogP contribution in [0, 0.1) is 0 Å². The summed E-state index contributed by atoms with van der Waals surface area (Å²) in [6, 6.07) is 7.18. The third-order valence-electron chi connectivity index (χ3n) is 2.06. The highest BCUT2D eigenvalue weighted by atomic mass is 35.5. The van der Waals surface area contributed by atoms with Crippen molar-refractivity contribution in [1.82, 2.24) is 0 Å². The van der Waals surface area contributed by atoms with Crippen molar-refractivity contribution in [3.8, 4) is 0 Å². The first kappa shape index (κ1) is 11.2. The molecule has 0 aromatic heterocycles. The summed E-state index contributed by atoms with van der Waals surface area (Å²) in [6.45, 7) is -0.309. The molecule has 0 aliphatic rings. The maximum Gasteiger partial charge on any atom is 0.252 e. The molecule has 76 valence electrons. The van der Waals surface area contributed by atoms with E-state index in [1.807, 2.05) is 12.1 Å². The molecule has 1 aromatic rings. The average molecular weight is 215 g/mol. The molecule has 14 heavy (non-hydrogen) atoms. The summed E-state index contributed by atoms with van der Waals surface area (Å²) in [5.74, 6) is 0. The van der Waals surface area contributed by atoms with Crippen molar-refractivity contribution < 1.29 is 9.18 Å². The minimum atomic E-state index is -0.444. The fourth-order valence-corrected chi connectivity index (χ4v) is 1.52. The van der Waals surface area contributed by atoms with Crippen molar-refractivity contribution in [1.29, 1.82) is 0 Å². The van der Waals surface area contributed by atoms with Gasteiger partial charge < -0.3 is 0 Å². The number of hydrogen-bond acceptors (Lipinski definition) is 1. The van der Waals surface area contributed by atoms with E-state index in [0.29, 0.717) is 18.4 Å². The van der Waals surface area contributed by atoms with Crippen LogP contribution in [-0.4, -0.2) is 11.9 Å². The molecule has 0 heterocycles. The molecule has 1 rings (SSSR count). The van der Waals surface area contributed by atoms with Gasteiger partial charge in [-0.1, -0.05) is 18.2 Å². The molecule has 0 saturated carbocycles. The Morgan fingerprint density at radius 3 is 2.64 bits per heavy atom. The molecule has 0 bridgehead atoms. The van der Waals surface area contributed by atoms with Gasteiger partial charge in [-0.2, -0.15) is 0 Å². The van der Waals surface area contributed by atoms with E-state index >= 15 is 0 Å². The van der Waals surface area contributed by atoms with Gasteiger partial charge in [-0.3, -0.25) is 9.18 Å². The van der Waals surface area contributed by atoms with Crippen molar-refractivity contribution >= 4 is 16.8 Å². The van der Waals surface area contributed by atoms with E-state index in [2.05, 4.69) is 0 Å². The first-order valence-electron chi connectivity index (χ1n) is 4.59. The summed E-state index contributed by atoms with van der Waals surface area (Å²) >= 11 is 5.41. The van der Waals surface area contributed by atoms with E-state index in [4.69, 9.17) is 11.6 Å². The lowest BCUT2D eigenvalue weighted by Crippen LogP contribution is -1.97. The predicted molar refractivity (Wildman–Crippen MR) is 55.5 cm³/mol. The Morgan fingerprint density at radius 1 is 1.29 bits per heavy atom. The molecule has 1 aromatic carbocycles. The number of carbonyl (C=O) groups excluding carboxylic acids is 1.